The van der Waals surface area contributed by atoms with Crippen LogP contribution in [0.4, 0.5) is 11.4 Å². The summed E-state index contributed by atoms with van der Waals surface area (Å²) >= 11 is 0. The molecule has 0 atom stereocenters. The second-order valence-corrected chi connectivity index (χ2v) is 10.4. The number of nitrogens with zero attached hydrogens (tertiary/aromatic N) is 1. The predicted molar refractivity (Wildman–Crippen MR) is 131 cm³/mol. The maximum absolute atomic E-state index is 12.9. The number of anilines is 2. The number of sulfonamides is 1. The Bertz CT molecular complexity index is 1100. The first-order valence-corrected chi connectivity index (χ1v) is 12.7. The fourth-order valence-corrected chi connectivity index (χ4v) is 5.02. The average molecular weight is 470 g/mol. The third-order valence-corrected chi connectivity index (χ3v) is 7.34. The maximum Gasteiger partial charge on any atom is 0.248 e. The van der Waals surface area contributed by atoms with Crippen molar-refractivity contribution < 1.29 is 18.0 Å². The van der Waals surface area contributed by atoms with Crippen molar-refractivity contribution in [1.82, 2.24) is 4.31 Å². The van der Waals surface area contributed by atoms with E-state index in [0.29, 0.717) is 24.5 Å². The molecule has 1 aliphatic rings. The fraction of sp³-hybridized carbons (Fsp3) is 0.360. The van der Waals surface area contributed by atoms with Gasteiger partial charge in [0.2, 0.25) is 21.8 Å². The van der Waals surface area contributed by atoms with Crippen LogP contribution in [0.1, 0.15) is 45.1 Å². The highest BCUT2D eigenvalue weighted by atomic mass is 32.2. The number of carbonyl (C=O) groups excluding carboxylic acids is 2. The van der Waals surface area contributed by atoms with Crippen molar-refractivity contribution in [2.45, 2.75) is 44.4 Å². The molecule has 1 saturated heterocycles. The quantitative estimate of drug-likeness (QED) is 0.584. The van der Waals surface area contributed by atoms with Crippen molar-refractivity contribution in [2.24, 2.45) is 5.92 Å². The third kappa shape index (κ3) is 7.00. The highest BCUT2D eigenvalue weighted by Crippen LogP contribution is 2.21. The fourth-order valence-electron chi connectivity index (χ4n) is 3.50. The van der Waals surface area contributed by atoms with E-state index in [9.17, 15) is 18.0 Å². The standard InChI is InChI=1S/C25H31N3O4S/c1-19(2)25(30)27-22-9-7-8-21(18-22)26-24(29)15-12-20-10-13-23(14-11-20)33(31,32)28-16-5-3-4-6-17-28/h7-15,18-19H,3-6,16-17H2,1-2H3,(H,26,29)(H,27,30)/b15-12+. The summed E-state index contributed by atoms with van der Waals surface area (Å²) in [6.45, 7) is 4.74. The number of amides is 2. The second kappa shape index (κ2) is 11.2. The van der Waals surface area contributed by atoms with Crippen molar-refractivity contribution in [3.8, 4) is 0 Å². The molecule has 0 spiro atoms. The lowest BCUT2D eigenvalue weighted by atomic mass is 10.2. The zero-order chi connectivity index (χ0) is 23.8. The Balaban J connectivity index is 1.61. The molecule has 0 saturated carbocycles. The van der Waals surface area contributed by atoms with Gasteiger partial charge in [-0.3, -0.25) is 9.59 Å². The van der Waals surface area contributed by atoms with Crippen LogP contribution in [0.25, 0.3) is 6.08 Å². The molecule has 3 rings (SSSR count). The van der Waals surface area contributed by atoms with Crippen LogP contribution in [0.2, 0.25) is 0 Å². The van der Waals surface area contributed by atoms with Gasteiger partial charge in [0.15, 0.2) is 0 Å². The Labute approximate surface area is 195 Å². The number of benzene rings is 2. The van der Waals surface area contributed by atoms with Gasteiger partial charge in [-0.25, -0.2) is 8.42 Å². The zero-order valence-electron chi connectivity index (χ0n) is 19.1. The van der Waals surface area contributed by atoms with Crippen LogP contribution in [0, 0.1) is 5.92 Å². The minimum absolute atomic E-state index is 0.0975. The van der Waals surface area contributed by atoms with Crippen molar-refractivity contribution in [3.63, 3.8) is 0 Å². The zero-order valence-corrected chi connectivity index (χ0v) is 19.9. The van der Waals surface area contributed by atoms with Crippen molar-refractivity contribution in [2.75, 3.05) is 23.7 Å². The lowest BCUT2D eigenvalue weighted by Crippen LogP contribution is -2.31. The molecular weight excluding hydrogens is 438 g/mol. The van der Waals surface area contributed by atoms with E-state index < -0.39 is 10.0 Å². The first-order valence-electron chi connectivity index (χ1n) is 11.3. The first kappa shape index (κ1) is 24.7. The summed E-state index contributed by atoms with van der Waals surface area (Å²) in [4.78, 5) is 24.4. The summed E-state index contributed by atoms with van der Waals surface area (Å²) < 4.78 is 27.3. The van der Waals surface area contributed by atoms with Gasteiger partial charge < -0.3 is 10.6 Å². The van der Waals surface area contributed by atoms with E-state index in [1.807, 2.05) is 13.8 Å². The van der Waals surface area contributed by atoms with E-state index in [4.69, 9.17) is 0 Å². The molecule has 8 heteroatoms. The molecule has 2 aromatic rings. The molecular formula is C25H31N3O4S. The van der Waals surface area contributed by atoms with Gasteiger partial charge in [0.05, 0.1) is 4.90 Å². The highest BCUT2D eigenvalue weighted by Gasteiger charge is 2.24. The van der Waals surface area contributed by atoms with E-state index in [1.54, 1.807) is 58.9 Å². The van der Waals surface area contributed by atoms with Gasteiger partial charge in [0.1, 0.15) is 0 Å². The molecule has 33 heavy (non-hydrogen) atoms. The monoisotopic (exact) mass is 469 g/mol. The molecule has 0 aromatic heterocycles. The summed E-state index contributed by atoms with van der Waals surface area (Å²) in [5, 5.41) is 5.56. The van der Waals surface area contributed by atoms with Gasteiger partial charge in [-0.1, -0.05) is 44.9 Å². The van der Waals surface area contributed by atoms with E-state index in [-0.39, 0.29) is 22.6 Å². The normalized spacial score (nSPS) is 15.4. The Hall–Kier alpha value is -2.97. The van der Waals surface area contributed by atoms with Crippen LogP contribution < -0.4 is 10.6 Å². The Kier molecular flexibility index (Phi) is 8.41. The highest BCUT2D eigenvalue weighted by molar-refractivity contribution is 7.89. The van der Waals surface area contributed by atoms with Crippen LogP contribution in [-0.4, -0.2) is 37.6 Å². The molecule has 1 aliphatic heterocycles. The number of hydrogen-bond donors (Lipinski definition) is 2. The van der Waals surface area contributed by atoms with Gasteiger partial charge in [-0.2, -0.15) is 4.31 Å². The van der Waals surface area contributed by atoms with Crippen molar-refractivity contribution in [1.29, 1.82) is 0 Å². The number of hydrogen-bond acceptors (Lipinski definition) is 4. The molecule has 0 aliphatic carbocycles. The summed E-state index contributed by atoms with van der Waals surface area (Å²) in [6.07, 6.45) is 6.92. The summed E-state index contributed by atoms with van der Waals surface area (Å²) in [7, 11) is -3.49. The molecule has 2 aromatic carbocycles. The minimum atomic E-state index is -3.49. The maximum atomic E-state index is 12.9. The van der Waals surface area contributed by atoms with Gasteiger partial charge in [-0.15, -0.1) is 0 Å². The lowest BCUT2D eigenvalue weighted by Gasteiger charge is -2.19. The Morgan fingerprint density at radius 1 is 0.909 bits per heavy atom. The first-order chi connectivity index (χ1) is 15.8. The number of carbonyl (C=O) groups is 2. The van der Waals surface area contributed by atoms with Crippen LogP contribution in [-0.2, 0) is 19.6 Å². The molecule has 0 bridgehead atoms. The van der Waals surface area contributed by atoms with Gasteiger partial charge in [-0.05, 0) is 54.8 Å². The van der Waals surface area contributed by atoms with E-state index in [1.165, 1.54) is 6.08 Å². The van der Waals surface area contributed by atoms with Gasteiger partial charge in [0, 0.05) is 36.5 Å². The SMILES string of the molecule is CC(C)C(=O)Nc1cccc(NC(=O)/C=C/c2ccc(S(=O)(=O)N3CCCCCC3)cc2)c1. The molecule has 0 unspecified atom stereocenters. The molecule has 7 nitrogen and oxygen atoms in total. The minimum Gasteiger partial charge on any atom is -0.326 e. The topological polar surface area (TPSA) is 95.6 Å². The van der Waals surface area contributed by atoms with Crippen LogP contribution >= 0.6 is 0 Å². The molecule has 2 N–H and O–H groups in total. The summed E-state index contributed by atoms with van der Waals surface area (Å²) in [6, 6.07) is 13.5. The third-order valence-electron chi connectivity index (χ3n) is 5.43. The Morgan fingerprint density at radius 3 is 2.12 bits per heavy atom. The molecule has 2 amide bonds. The number of rotatable bonds is 7. The second-order valence-electron chi connectivity index (χ2n) is 8.43. The van der Waals surface area contributed by atoms with Crippen LogP contribution in [0.3, 0.4) is 0 Å². The summed E-state index contributed by atoms with van der Waals surface area (Å²) in [5.74, 6) is -0.569. The van der Waals surface area contributed by atoms with E-state index in [0.717, 1.165) is 31.2 Å². The largest absolute Gasteiger partial charge is 0.326 e. The lowest BCUT2D eigenvalue weighted by molar-refractivity contribution is -0.119. The number of nitrogens with one attached hydrogen (secondary N) is 2. The summed E-state index contributed by atoms with van der Waals surface area (Å²) in [5.41, 5.74) is 1.89. The molecule has 0 radical (unpaired) electrons. The molecule has 176 valence electrons. The van der Waals surface area contributed by atoms with Gasteiger partial charge in [0.25, 0.3) is 0 Å². The van der Waals surface area contributed by atoms with Crippen LogP contribution in [0.15, 0.2) is 59.5 Å². The van der Waals surface area contributed by atoms with E-state index in [2.05, 4.69) is 10.6 Å². The van der Waals surface area contributed by atoms with Crippen molar-refractivity contribution in [3.05, 3.63) is 60.2 Å². The predicted octanol–water partition coefficient (Wildman–Crippen LogP) is 4.50. The van der Waals surface area contributed by atoms with Crippen LogP contribution in [0.5, 0.6) is 0 Å². The average Bonchev–Trinajstić information content (AvgIpc) is 3.08. The van der Waals surface area contributed by atoms with Crippen molar-refractivity contribution >= 4 is 39.3 Å². The Morgan fingerprint density at radius 2 is 1.52 bits per heavy atom. The van der Waals surface area contributed by atoms with Gasteiger partial charge >= 0.3 is 0 Å². The van der Waals surface area contributed by atoms with E-state index >= 15 is 0 Å². The molecule has 1 fully saturated rings. The smallest absolute Gasteiger partial charge is 0.248 e. The molecule has 1 heterocycles.